The Morgan fingerprint density at radius 2 is 2.13 bits per heavy atom. The molecule has 0 aromatic heterocycles. The summed E-state index contributed by atoms with van der Waals surface area (Å²) in [5, 5.41) is 0.886. The molecule has 0 bridgehead atoms. The van der Waals surface area contributed by atoms with E-state index in [-0.39, 0.29) is 11.3 Å². The van der Waals surface area contributed by atoms with Crippen LogP contribution in [0.15, 0.2) is 18.2 Å². The second-order valence-corrected chi connectivity index (χ2v) is 4.35. The van der Waals surface area contributed by atoms with E-state index in [1.54, 1.807) is 12.1 Å². The van der Waals surface area contributed by atoms with E-state index < -0.39 is 5.82 Å². The number of carbonyl (C=O) groups is 1. The second kappa shape index (κ2) is 6.01. The molecule has 0 aliphatic heterocycles. The Bertz CT molecular complexity index is 349. The van der Waals surface area contributed by atoms with Crippen LogP contribution in [0.2, 0.25) is 0 Å². The quantitative estimate of drug-likeness (QED) is 0.452. The Kier molecular flexibility index (Phi) is 4.95. The van der Waals surface area contributed by atoms with E-state index in [1.807, 2.05) is 6.92 Å². The SMILES string of the molecule is Cc1ccc(C(=O)CCCCBr)c(F)c1. The summed E-state index contributed by atoms with van der Waals surface area (Å²) in [4.78, 5) is 11.6. The normalized spacial score (nSPS) is 10.3. The summed E-state index contributed by atoms with van der Waals surface area (Å²) in [6, 6.07) is 4.74. The minimum atomic E-state index is -0.404. The molecule has 0 heterocycles. The van der Waals surface area contributed by atoms with Crippen molar-refractivity contribution in [2.24, 2.45) is 0 Å². The maximum atomic E-state index is 13.4. The van der Waals surface area contributed by atoms with Gasteiger partial charge in [-0.05, 0) is 37.5 Å². The van der Waals surface area contributed by atoms with Gasteiger partial charge < -0.3 is 0 Å². The molecule has 1 nitrogen and oxygen atoms in total. The van der Waals surface area contributed by atoms with Crippen LogP contribution in [-0.2, 0) is 0 Å². The van der Waals surface area contributed by atoms with Gasteiger partial charge in [0.1, 0.15) is 5.82 Å². The number of hydrogen-bond acceptors (Lipinski definition) is 1. The smallest absolute Gasteiger partial charge is 0.165 e. The minimum Gasteiger partial charge on any atom is -0.294 e. The molecular weight excluding hydrogens is 259 g/mol. The van der Waals surface area contributed by atoms with E-state index in [0.29, 0.717) is 6.42 Å². The van der Waals surface area contributed by atoms with Crippen molar-refractivity contribution in [1.29, 1.82) is 0 Å². The first kappa shape index (κ1) is 12.4. The Morgan fingerprint density at radius 3 is 2.73 bits per heavy atom. The molecule has 0 aliphatic rings. The lowest BCUT2D eigenvalue weighted by Crippen LogP contribution is -2.02. The Labute approximate surface area is 97.8 Å². The molecule has 0 atom stereocenters. The number of alkyl halides is 1. The number of hydrogen-bond donors (Lipinski definition) is 0. The van der Waals surface area contributed by atoms with Gasteiger partial charge in [-0.25, -0.2) is 4.39 Å². The standard InChI is InChI=1S/C12H14BrFO/c1-9-5-6-10(11(14)8-9)12(15)4-2-3-7-13/h5-6,8H,2-4,7H2,1H3. The van der Waals surface area contributed by atoms with Crippen LogP contribution in [-0.4, -0.2) is 11.1 Å². The fourth-order valence-electron chi connectivity index (χ4n) is 1.36. The molecule has 0 spiro atoms. The number of halogens is 2. The van der Waals surface area contributed by atoms with Crippen molar-refractivity contribution >= 4 is 21.7 Å². The summed E-state index contributed by atoms with van der Waals surface area (Å²) in [6.07, 6.45) is 2.17. The molecule has 1 aromatic rings. The molecule has 0 saturated carbocycles. The predicted molar refractivity (Wildman–Crippen MR) is 63.1 cm³/mol. The van der Waals surface area contributed by atoms with Crippen molar-refractivity contribution in [3.05, 3.63) is 35.1 Å². The fourth-order valence-corrected chi connectivity index (χ4v) is 1.76. The third-order valence-electron chi connectivity index (χ3n) is 2.21. The maximum absolute atomic E-state index is 13.4. The van der Waals surface area contributed by atoms with Gasteiger partial charge in [0.25, 0.3) is 0 Å². The minimum absolute atomic E-state index is 0.103. The molecule has 15 heavy (non-hydrogen) atoms. The largest absolute Gasteiger partial charge is 0.294 e. The molecule has 0 unspecified atom stereocenters. The highest BCUT2D eigenvalue weighted by molar-refractivity contribution is 9.09. The molecule has 0 amide bonds. The van der Waals surface area contributed by atoms with Crippen molar-refractivity contribution in [3.8, 4) is 0 Å². The first-order valence-corrected chi connectivity index (χ1v) is 6.12. The number of rotatable bonds is 5. The summed E-state index contributed by atoms with van der Waals surface area (Å²) in [7, 11) is 0. The number of ketones is 1. The van der Waals surface area contributed by atoms with Crippen LogP contribution in [0.5, 0.6) is 0 Å². The van der Waals surface area contributed by atoms with Crippen molar-refractivity contribution in [2.45, 2.75) is 26.2 Å². The monoisotopic (exact) mass is 272 g/mol. The summed E-state index contributed by atoms with van der Waals surface area (Å²) < 4.78 is 13.4. The van der Waals surface area contributed by atoms with Crippen LogP contribution in [0, 0.1) is 12.7 Å². The number of aryl methyl sites for hydroxylation is 1. The molecule has 0 fully saturated rings. The van der Waals surface area contributed by atoms with Gasteiger partial charge in [-0.15, -0.1) is 0 Å². The van der Waals surface area contributed by atoms with Crippen LogP contribution in [0.3, 0.4) is 0 Å². The molecule has 1 aromatic carbocycles. The second-order valence-electron chi connectivity index (χ2n) is 3.55. The van der Waals surface area contributed by atoms with E-state index in [1.165, 1.54) is 6.07 Å². The highest BCUT2D eigenvalue weighted by Gasteiger charge is 2.10. The molecule has 0 radical (unpaired) electrons. The maximum Gasteiger partial charge on any atom is 0.165 e. The lowest BCUT2D eigenvalue weighted by Gasteiger charge is -2.02. The van der Waals surface area contributed by atoms with E-state index in [9.17, 15) is 9.18 Å². The average molecular weight is 273 g/mol. The molecule has 1 rings (SSSR count). The van der Waals surface area contributed by atoms with Crippen LogP contribution < -0.4 is 0 Å². The van der Waals surface area contributed by atoms with Gasteiger partial charge in [0.15, 0.2) is 5.78 Å². The zero-order valence-electron chi connectivity index (χ0n) is 8.72. The summed E-state index contributed by atoms with van der Waals surface area (Å²) >= 11 is 3.29. The predicted octanol–water partition coefficient (Wildman–Crippen LogP) is 3.88. The first-order chi connectivity index (χ1) is 7.15. The van der Waals surface area contributed by atoms with Gasteiger partial charge in [-0.2, -0.15) is 0 Å². The Hall–Kier alpha value is -0.700. The molecule has 0 aliphatic carbocycles. The molecular formula is C12H14BrFO. The van der Waals surface area contributed by atoms with Gasteiger partial charge in [0.2, 0.25) is 0 Å². The zero-order chi connectivity index (χ0) is 11.3. The van der Waals surface area contributed by atoms with Gasteiger partial charge in [0, 0.05) is 11.8 Å². The van der Waals surface area contributed by atoms with Crippen molar-refractivity contribution in [3.63, 3.8) is 0 Å². The Balaban J connectivity index is 2.65. The average Bonchev–Trinajstić information content (AvgIpc) is 2.17. The molecule has 3 heteroatoms. The molecule has 0 N–H and O–H groups in total. The van der Waals surface area contributed by atoms with E-state index >= 15 is 0 Å². The van der Waals surface area contributed by atoms with Gasteiger partial charge in [0.05, 0.1) is 5.56 Å². The van der Waals surface area contributed by atoms with Crippen molar-refractivity contribution in [1.82, 2.24) is 0 Å². The third kappa shape index (κ3) is 3.74. The fraction of sp³-hybridized carbons (Fsp3) is 0.417. The summed E-state index contributed by atoms with van der Waals surface area (Å²) in [5.41, 5.74) is 1.06. The summed E-state index contributed by atoms with van der Waals surface area (Å²) in [6.45, 7) is 1.81. The molecule has 82 valence electrons. The first-order valence-electron chi connectivity index (χ1n) is 5.00. The lowest BCUT2D eigenvalue weighted by molar-refractivity contribution is 0.0976. The van der Waals surface area contributed by atoms with Crippen LogP contribution in [0.4, 0.5) is 4.39 Å². The van der Waals surface area contributed by atoms with Gasteiger partial charge in [-0.3, -0.25) is 4.79 Å². The van der Waals surface area contributed by atoms with Crippen LogP contribution >= 0.6 is 15.9 Å². The highest BCUT2D eigenvalue weighted by atomic mass is 79.9. The van der Waals surface area contributed by atoms with Crippen LogP contribution in [0.1, 0.15) is 35.2 Å². The number of benzene rings is 1. The van der Waals surface area contributed by atoms with E-state index in [0.717, 1.165) is 23.7 Å². The Morgan fingerprint density at radius 1 is 1.40 bits per heavy atom. The van der Waals surface area contributed by atoms with Crippen molar-refractivity contribution in [2.75, 3.05) is 5.33 Å². The van der Waals surface area contributed by atoms with Gasteiger partial charge >= 0.3 is 0 Å². The topological polar surface area (TPSA) is 17.1 Å². The van der Waals surface area contributed by atoms with Crippen molar-refractivity contribution < 1.29 is 9.18 Å². The number of unbranched alkanes of at least 4 members (excludes halogenated alkanes) is 1. The van der Waals surface area contributed by atoms with E-state index in [2.05, 4.69) is 15.9 Å². The number of Topliss-reactive ketones (excluding diaryl/α,β-unsaturated/α-hetero) is 1. The van der Waals surface area contributed by atoms with Gasteiger partial charge in [-0.1, -0.05) is 22.0 Å². The van der Waals surface area contributed by atoms with Crippen LogP contribution in [0.25, 0.3) is 0 Å². The zero-order valence-corrected chi connectivity index (χ0v) is 10.3. The lowest BCUT2D eigenvalue weighted by atomic mass is 10.0. The summed E-state index contributed by atoms with van der Waals surface area (Å²) in [5.74, 6) is -0.507. The van der Waals surface area contributed by atoms with E-state index in [4.69, 9.17) is 0 Å². The molecule has 0 saturated heterocycles. The highest BCUT2D eigenvalue weighted by Crippen LogP contribution is 2.13. The number of carbonyl (C=O) groups excluding carboxylic acids is 1. The third-order valence-corrected chi connectivity index (χ3v) is 2.77.